The molecule has 3 nitrogen and oxygen atoms in total. The van der Waals surface area contributed by atoms with Crippen LogP contribution in [-0.2, 0) is 9.47 Å². The SMILES string of the molecule is COC[C@H](C)N[C@H]1CCCC[C@@H]1OC. The lowest BCUT2D eigenvalue weighted by Gasteiger charge is -2.33. The molecule has 1 rings (SSSR count). The minimum Gasteiger partial charge on any atom is -0.383 e. The number of rotatable bonds is 5. The van der Waals surface area contributed by atoms with Gasteiger partial charge in [0.25, 0.3) is 0 Å². The lowest BCUT2D eigenvalue weighted by molar-refractivity contribution is 0.0336. The molecule has 0 aromatic rings. The van der Waals surface area contributed by atoms with Gasteiger partial charge in [0.2, 0.25) is 0 Å². The summed E-state index contributed by atoms with van der Waals surface area (Å²) >= 11 is 0. The van der Waals surface area contributed by atoms with Crippen LogP contribution in [0.1, 0.15) is 32.6 Å². The molecule has 1 fully saturated rings. The normalized spacial score (nSPS) is 30.2. The summed E-state index contributed by atoms with van der Waals surface area (Å²) in [5.41, 5.74) is 0. The van der Waals surface area contributed by atoms with Gasteiger partial charge in [-0.15, -0.1) is 0 Å². The average Bonchev–Trinajstić information content (AvgIpc) is 2.19. The van der Waals surface area contributed by atoms with Gasteiger partial charge < -0.3 is 14.8 Å². The van der Waals surface area contributed by atoms with E-state index in [1.165, 1.54) is 25.7 Å². The number of hydrogen-bond donors (Lipinski definition) is 1. The van der Waals surface area contributed by atoms with Crippen LogP contribution in [0.3, 0.4) is 0 Å². The highest BCUT2D eigenvalue weighted by Gasteiger charge is 2.25. The molecule has 0 unspecified atom stereocenters. The van der Waals surface area contributed by atoms with Gasteiger partial charge in [0.1, 0.15) is 0 Å². The summed E-state index contributed by atoms with van der Waals surface area (Å²) in [6.07, 6.45) is 5.43. The van der Waals surface area contributed by atoms with Crippen molar-refractivity contribution in [1.82, 2.24) is 5.32 Å². The lowest BCUT2D eigenvalue weighted by atomic mass is 9.92. The van der Waals surface area contributed by atoms with Gasteiger partial charge in [-0.1, -0.05) is 12.8 Å². The quantitative estimate of drug-likeness (QED) is 0.732. The topological polar surface area (TPSA) is 30.5 Å². The molecule has 0 amide bonds. The van der Waals surface area contributed by atoms with Crippen LogP contribution >= 0.6 is 0 Å². The van der Waals surface area contributed by atoms with Crippen molar-refractivity contribution in [2.24, 2.45) is 0 Å². The molecule has 14 heavy (non-hydrogen) atoms. The molecule has 3 atom stereocenters. The third-order valence-corrected chi connectivity index (χ3v) is 2.92. The first-order chi connectivity index (χ1) is 6.77. The largest absolute Gasteiger partial charge is 0.383 e. The zero-order valence-electron chi connectivity index (χ0n) is 9.58. The molecule has 1 saturated carbocycles. The number of methoxy groups -OCH3 is 2. The second-order valence-electron chi connectivity index (χ2n) is 4.19. The minimum absolute atomic E-state index is 0.392. The van der Waals surface area contributed by atoms with E-state index in [-0.39, 0.29) is 0 Å². The average molecular weight is 201 g/mol. The van der Waals surface area contributed by atoms with E-state index in [1.54, 1.807) is 7.11 Å². The van der Waals surface area contributed by atoms with Crippen LogP contribution in [0.2, 0.25) is 0 Å². The first-order valence-corrected chi connectivity index (χ1v) is 5.55. The van der Waals surface area contributed by atoms with E-state index in [0.29, 0.717) is 18.2 Å². The predicted molar refractivity (Wildman–Crippen MR) is 57.5 cm³/mol. The van der Waals surface area contributed by atoms with Gasteiger partial charge in [0.05, 0.1) is 12.7 Å². The van der Waals surface area contributed by atoms with Crippen LogP contribution in [0.15, 0.2) is 0 Å². The zero-order chi connectivity index (χ0) is 10.4. The second kappa shape index (κ2) is 6.38. The molecule has 0 spiro atoms. The van der Waals surface area contributed by atoms with Crippen LogP contribution in [0.25, 0.3) is 0 Å². The molecule has 84 valence electrons. The third kappa shape index (κ3) is 3.56. The summed E-state index contributed by atoms with van der Waals surface area (Å²) in [4.78, 5) is 0. The van der Waals surface area contributed by atoms with Gasteiger partial charge in [-0.2, -0.15) is 0 Å². The monoisotopic (exact) mass is 201 g/mol. The Labute approximate surface area is 87.2 Å². The van der Waals surface area contributed by atoms with Crippen molar-refractivity contribution < 1.29 is 9.47 Å². The van der Waals surface area contributed by atoms with Crippen molar-refractivity contribution in [3.8, 4) is 0 Å². The summed E-state index contributed by atoms with van der Waals surface area (Å²) in [5.74, 6) is 0. The molecule has 0 radical (unpaired) electrons. The van der Waals surface area contributed by atoms with Crippen LogP contribution < -0.4 is 5.32 Å². The van der Waals surface area contributed by atoms with Crippen molar-refractivity contribution in [3.63, 3.8) is 0 Å². The van der Waals surface area contributed by atoms with Gasteiger partial charge in [-0.05, 0) is 19.8 Å². The van der Waals surface area contributed by atoms with Crippen molar-refractivity contribution in [3.05, 3.63) is 0 Å². The van der Waals surface area contributed by atoms with Crippen LogP contribution in [0.5, 0.6) is 0 Å². The molecular formula is C11H23NO2. The van der Waals surface area contributed by atoms with Gasteiger partial charge >= 0.3 is 0 Å². The zero-order valence-corrected chi connectivity index (χ0v) is 9.58. The number of ether oxygens (including phenoxy) is 2. The van der Waals surface area contributed by atoms with Gasteiger partial charge in [0.15, 0.2) is 0 Å². The maximum Gasteiger partial charge on any atom is 0.0724 e. The van der Waals surface area contributed by atoms with Crippen molar-refractivity contribution in [2.45, 2.75) is 50.8 Å². The van der Waals surface area contributed by atoms with Crippen LogP contribution in [0.4, 0.5) is 0 Å². The summed E-state index contributed by atoms with van der Waals surface area (Å²) in [6.45, 7) is 2.93. The van der Waals surface area contributed by atoms with E-state index in [2.05, 4.69) is 12.2 Å². The first-order valence-electron chi connectivity index (χ1n) is 5.55. The van der Waals surface area contributed by atoms with E-state index in [0.717, 1.165) is 6.61 Å². The van der Waals surface area contributed by atoms with Gasteiger partial charge in [-0.25, -0.2) is 0 Å². The Bertz CT molecular complexity index is 152. The van der Waals surface area contributed by atoms with Crippen molar-refractivity contribution in [1.29, 1.82) is 0 Å². The third-order valence-electron chi connectivity index (χ3n) is 2.92. The molecule has 0 aromatic heterocycles. The fourth-order valence-corrected chi connectivity index (χ4v) is 2.23. The summed E-state index contributed by atoms with van der Waals surface area (Å²) in [7, 11) is 3.55. The van der Waals surface area contributed by atoms with E-state index < -0.39 is 0 Å². The molecule has 0 bridgehead atoms. The summed E-state index contributed by atoms with van der Waals surface area (Å²) in [6, 6.07) is 0.930. The molecule has 1 N–H and O–H groups in total. The number of hydrogen-bond acceptors (Lipinski definition) is 3. The molecule has 1 aliphatic rings. The Morgan fingerprint density at radius 2 is 2.00 bits per heavy atom. The molecular weight excluding hydrogens is 178 g/mol. The maximum atomic E-state index is 5.48. The first kappa shape index (κ1) is 12.0. The fraction of sp³-hybridized carbons (Fsp3) is 1.00. The highest BCUT2D eigenvalue weighted by atomic mass is 16.5. The maximum absolute atomic E-state index is 5.48. The van der Waals surface area contributed by atoms with Crippen molar-refractivity contribution >= 4 is 0 Å². The van der Waals surface area contributed by atoms with E-state index in [4.69, 9.17) is 9.47 Å². The van der Waals surface area contributed by atoms with Crippen LogP contribution in [0, 0.1) is 0 Å². The van der Waals surface area contributed by atoms with E-state index >= 15 is 0 Å². The minimum atomic E-state index is 0.392. The molecule has 0 aromatic carbocycles. The standard InChI is InChI=1S/C11H23NO2/c1-9(8-13-2)12-10-6-4-5-7-11(10)14-3/h9-12H,4-8H2,1-3H3/t9-,10-,11-/m0/s1. The Morgan fingerprint density at radius 1 is 1.29 bits per heavy atom. The Balaban J connectivity index is 2.32. The molecule has 0 aliphatic heterocycles. The Kier molecular flexibility index (Phi) is 5.45. The molecule has 3 heteroatoms. The fourth-order valence-electron chi connectivity index (χ4n) is 2.23. The molecule has 0 heterocycles. The number of nitrogens with one attached hydrogen (secondary N) is 1. The summed E-state index contributed by atoms with van der Waals surface area (Å²) in [5, 5.41) is 3.57. The van der Waals surface area contributed by atoms with E-state index in [9.17, 15) is 0 Å². The van der Waals surface area contributed by atoms with Crippen molar-refractivity contribution in [2.75, 3.05) is 20.8 Å². The van der Waals surface area contributed by atoms with Gasteiger partial charge in [0, 0.05) is 26.3 Å². The lowest BCUT2D eigenvalue weighted by Crippen LogP contribution is -2.48. The Hall–Kier alpha value is -0.120. The highest BCUT2D eigenvalue weighted by Crippen LogP contribution is 2.21. The smallest absolute Gasteiger partial charge is 0.0724 e. The van der Waals surface area contributed by atoms with Gasteiger partial charge in [-0.3, -0.25) is 0 Å². The second-order valence-corrected chi connectivity index (χ2v) is 4.19. The highest BCUT2D eigenvalue weighted by molar-refractivity contribution is 4.83. The Morgan fingerprint density at radius 3 is 2.64 bits per heavy atom. The molecule has 1 aliphatic carbocycles. The van der Waals surface area contributed by atoms with Crippen LogP contribution in [-0.4, -0.2) is 39.0 Å². The molecule has 0 saturated heterocycles. The summed E-state index contributed by atoms with van der Waals surface area (Å²) < 4.78 is 10.6. The van der Waals surface area contributed by atoms with E-state index in [1.807, 2.05) is 7.11 Å². The predicted octanol–water partition coefficient (Wildman–Crippen LogP) is 1.57.